The van der Waals surface area contributed by atoms with Crippen LogP contribution < -0.4 is 18.9 Å². The average molecular weight is 634 g/mol. The van der Waals surface area contributed by atoms with Gasteiger partial charge in [-0.3, -0.25) is 4.57 Å². The first-order valence-corrected chi connectivity index (χ1v) is 14.9. The zero-order valence-electron chi connectivity index (χ0n) is 25.1. The first kappa shape index (κ1) is 28.6. The van der Waals surface area contributed by atoms with Crippen LogP contribution in [0.5, 0.6) is 46.3 Å². The predicted octanol–water partition coefficient (Wildman–Crippen LogP) is 9.67. The molecular weight excluding hydrogens is 609 g/mol. The Labute approximate surface area is 273 Å². The number of ether oxygens (including phenoxy) is 4. The highest BCUT2D eigenvalue weighted by atomic mass is 19.1. The standard InChI is InChI=1S/C38H24FN5O4/c39-25-23-42-38(43-24-25)44-34-21-30(45-26-7-5-9-28(19-26)47-36-11-1-3-17-40-36)13-15-32(34)33-16-14-31(22-35(33)44)46-27-8-6-10-29(20-27)48-37-12-2-4-18-41-37/h1-24H. The van der Waals surface area contributed by atoms with Crippen molar-refractivity contribution in [2.45, 2.75) is 0 Å². The molecule has 4 heterocycles. The largest absolute Gasteiger partial charge is 0.457 e. The third-order valence-electron chi connectivity index (χ3n) is 7.32. The van der Waals surface area contributed by atoms with E-state index in [0.29, 0.717) is 52.2 Å². The number of nitrogens with zero attached hydrogens (tertiary/aromatic N) is 5. The van der Waals surface area contributed by atoms with Crippen molar-refractivity contribution in [1.29, 1.82) is 0 Å². The van der Waals surface area contributed by atoms with E-state index in [1.807, 2.05) is 102 Å². The molecule has 8 rings (SSSR count). The molecule has 0 unspecified atom stereocenters. The van der Waals surface area contributed by atoms with Crippen molar-refractivity contribution in [2.24, 2.45) is 0 Å². The lowest BCUT2D eigenvalue weighted by molar-refractivity contribution is 0.448. The van der Waals surface area contributed by atoms with E-state index in [1.165, 1.54) is 0 Å². The van der Waals surface area contributed by atoms with Crippen LogP contribution >= 0.6 is 0 Å². The fourth-order valence-corrected chi connectivity index (χ4v) is 5.27. The monoisotopic (exact) mass is 633 g/mol. The molecule has 0 fully saturated rings. The maximum atomic E-state index is 13.9. The molecule has 0 radical (unpaired) electrons. The number of hydrogen-bond donors (Lipinski definition) is 0. The topological polar surface area (TPSA) is 93.4 Å². The second-order valence-corrected chi connectivity index (χ2v) is 10.6. The minimum Gasteiger partial charge on any atom is -0.457 e. The number of hydrogen-bond acceptors (Lipinski definition) is 8. The maximum absolute atomic E-state index is 13.9. The van der Waals surface area contributed by atoms with Gasteiger partial charge in [0.05, 0.1) is 23.4 Å². The highest BCUT2D eigenvalue weighted by Crippen LogP contribution is 2.38. The molecule has 0 atom stereocenters. The molecule has 9 nitrogen and oxygen atoms in total. The van der Waals surface area contributed by atoms with Crippen LogP contribution in [0, 0.1) is 5.82 Å². The Bertz CT molecular complexity index is 2220. The third kappa shape index (κ3) is 6.05. The van der Waals surface area contributed by atoms with Crippen LogP contribution in [0.3, 0.4) is 0 Å². The van der Waals surface area contributed by atoms with E-state index in [4.69, 9.17) is 18.9 Å². The van der Waals surface area contributed by atoms with Gasteiger partial charge < -0.3 is 18.9 Å². The summed E-state index contributed by atoms with van der Waals surface area (Å²) in [6.45, 7) is 0. The fourth-order valence-electron chi connectivity index (χ4n) is 5.27. The van der Waals surface area contributed by atoms with E-state index in [2.05, 4.69) is 19.9 Å². The number of halogens is 1. The Kier molecular flexibility index (Phi) is 7.48. The van der Waals surface area contributed by atoms with Gasteiger partial charge in [-0.25, -0.2) is 24.3 Å². The number of pyridine rings is 2. The molecule has 0 N–H and O–H groups in total. The molecular formula is C38H24FN5O4. The zero-order valence-corrected chi connectivity index (χ0v) is 25.1. The molecule has 0 bridgehead atoms. The highest BCUT2D eigenvalue weighted by Gasteiger charge is 2.17. The fraction of sp³-hybridized carbons (Fsp3) is 0. The summed E-state index contributed by atoms with van der Waals surface area (Å²) in [5.74, 6) is 4.19. The van der Waals surface area contributed by atoms with Crippen LogP contribution in [0.25, 0.3) is 27.8 Å². The molecule has 0 amide bonds. The summed E-state index contributed by atoms with van der Waals surface area (Å²) in [6, 6.07) is 37.1. The summed E-state index contributed by atoms with van der Waals surface area (Å²) in [5, 5.41) is 1.85. The molecule has 0 aliphatic heterocycles. The van der Waals surface area contributed by atoms with Crippen LogP contribution in [-0.2, 0) is 0 Å². The Balaban J connectivity index is 1.14. The van der Waals surface area contributed by atoms with Crippen LogP contribution in [-0.4, -0.2) is 24.5 Å². The molecule has 4 aromatic heterocycles. The predicted molar refractivity (Wildman–Crippen MR) is 178 cm³/mol. The van der Waals surface area contributed by atoms with Gasteiger partial charge in [-0.2, -0.15) is 0 Å². The van der Waals surface area contributed by atoms with Gasteiger partial charge in [-0.15, -0.1) is 0 Å². The summed E-state index contributed by atoms with van der Waals surface area (Å²) in [4.78, 5) is 17.0. The second kappa shape index (κ2) is 12.5. The minimum atomic E-state index is -0.534. The zero-order chi connectivity index (χ0) is 32.3. The van der Waals surface area contributed by atoms with Gasteiger partial charge in [0.25, 0.3) is 0 Å². The Morgan fingerprint density at radius 3 is 1.35 bits per heavy atom. The molecule has 48 heavy (non-hydrogen) atoms. The normalized spacial score (nSPS) is 11.0. The lowest BCUT2D eigenvalue weighted by atomic mass is 10.1. The molecule has 0 aliphatic carbocycles. The van der Waals surface area contributed by atoms with E-state index in [0.717, 1.165) is 34.2 Å². The molecule has 4 aromatic carbocycles. The first-order chi connectivity index (χ1) is 23.6. The summed E-state index contributed by atoms with van der Waals surface area (Å²) in [5.41, 5.74) is 1.52. The van der Waals surface area contributed by atoms with E-state index in [1.54, 1.807) is 36.7 Å². The smallest absolute Gasteiger partial charge is 0.234 e. The molecule has 0 spiro atoms. The lowest BCUT2D eigenvalue weighted by Crippen LogP contribution is -2.01. The van der Waals surface area contributed by atoms with Crippen molar-refractivity contribution in [3.05, 3.63) is 152 Å². The number of rotatable bonds is 9. The highest BCUT2D eigenvalue weighted by molar-refractivity contribution is 6.09. The van der Waals surface area contributed by atoms with Gasteiger partial charge >= 0.3 is 0 Å². The van der Waals surface area contributed by atoms with Gasteiger partial charge in [0.15, 0.2) is 5.82 Å². The summed E-state index contributed by atoms with van der Waals surface area (Å²) in [6.07, 6.45) is 5.62. The van der Waals surface area contributed by atoms with E-state index in [9.17, 15) is 4.39 Å². The van der Waals surface area contributed by atoms with Gasteiger partial charge in [0.2, 0.25) is 17.7 Å². The first-order valence-electron chi connectivity index (χ1n) is 14.9. The number of aromatic nitrogens is 5. The summed E-state index contributed by atoms with van der Waals surface area (Å²) < 4.78 is 40.1. The average Bonchev–Trinajstić information content (AvgIpc) is 3.42. The van der Waals surface area contributed by atoms with Gasteiger partial charge in [0, 0.05) is 59.6 Å². The van der Waals surface area contributed by atoms with Crippen LogP contribution in [0.1, 0.15) is 0 Å². The van der Waals surface area contributed by atoms with E-state index in [-0.39, 0.29) is 0 Å². The van der Waals surface area contributed by atoms with Crippen molar-refractivity contribution in [2.75, 3.05) is 0 Å². The molecule has 8 aromatic rings. The van der Waals surface area contributed by atoms with Gasteiger partial charge in [-0.05, 0) is 60.7 Å². The quantitative estimate of drug-likeness (QED) is 0.155. The second-order valence-electron chi connectivity index (χ2n) is 10.6. The molecule has 232 valence electrons. The van der Waals surface area contributed by atoms with E-state index < -0.39 is 5.82 Å². The third-order valence-corrected chi connectivity index (χ3v) is 7.32. The van der Waals surface area contributed by atoms with Gasteiger partial charge in [0.1, 0.15) is 34.5 Å². The Hall–Kier alpha value is -6.81. The Morgan fingerprint density at radius 1 is 0.438 bits per heavy atom. The van der Waals surface area contributed by atoms with Crippen LogP contribution in [0.15, 0.2) is 146 Å². The molecule has 0 saturated heterocycles. The van der Waals surface area contributed by atoms with Crippen molar-refractivity contribution < 1.29 is 23.3 Å². The van der Waals surface area contributed by atoms with E-state index >= 15 is 0 Å². The van der Waals surface area contributed by atoms with Crippen molar-refractivity contribution in [3.8, 4) is 52.2 Å². The van der Waals surface area contributed by atoms with Gasteiger partial charge in [-0.1, -0.05) is 24.3 Å². The SMILES string of the molecule is Fc1cnc(-n2c3cc(Oc4cccc(Oc5ccccn5)c4)ccc3c3ccc(Oc4cccc(Oc5ccccn5)c4)cc32)nc1. The molecule has 0 aliphatic rings. The summed E-state index contributed by atoms with van der Waals surface area (Å²) in [7, 11) is 0. The number of benzene rings is 4. The lowest BCUT2D eigenvalue weighted by Gasteiger charge is -2.10. The van der Waals surface area contributed by atoms with Crippen LogP contribution in [0.4, 0.5) is 4.39 Å². The minimum absolute atomic E-state index is 0.294. The Morgan fingerprint density at radius 2 is 0.896 bits per heavy atom. The van der Waals surface area contributed by atoms with Crippen molar-refractivity contribution >= 4 is 21.8 Å². The molecule has 0 saturated carbocycles. The number of fused-ring (bicyclic) bond motifs is 3. The molecule has 10 heteroatoms. The van der Waals surface area contributed by atoms with Crippen LogP contribution in [0.2, 0.25) is 0 Å². The van der Waals surface area contributed by atoms with Crippen molar-refractivity contribution in [1.82, 2.24) is 24.5 Å². The summed E-state index contributed by atoms with van der Waals surface area (Å²) >= 11 is 0. The van der Waals surface area contributed by atoms with Crippen molar-refractivity contribution in [3.63, 3.8) is 0 Å². The maximum Gasteiger partial charge on any atom is 0.234 e.